The number of alkyl halides is 4. The van der Waals surface area contributed by atoms with Gasteiger partial charge in [-0.2, -0.15) is 8.78 Å². The molecule has 1 aliphatic heterocycles. The van der Waals surface area contributed by atoms with Gasteiger partial charge >= 0.3 is 12.3 Å². The van der Waals surface area contributed by atoms with Gasteiger partial charge in [0.05, 0.1) is 12.8 Å². The van der Waals surface area contributed by atoms with Crippen molar-refractivity contribution in [2.75, 3.05) is 31.6 Å². The number of anilines is 1. The van der Waals surface area contributed by atoms with Crippen LogP contribution in [0.1, 0.15) is 6.42 Å². The second kappa shape index (κ2) is 7.06. The van der Waals surface area contributed by atoms with E-state index in [2.05, 4.69) is 0 Å². The first-order chi connectivity index (χ1) is 10.9. The van der Waals surface area contributed by atoms with Crippen LogP contribution in [0.25, 0.3) is 0 Å². The van der Waals surface area contributed by atoms with Crippen LogP contribution in [0.2, 0.25) is 0 Å². The minimum Gasteiger partial charge on any atom is -0.495 e. The lowest BCUT2D eigenvalue weighted by Crippen LogP contribution is -2.46. The summed E-state index contributed by atoms with van der Waals surface area (Å²) in [6, 6.07) is 7.39. The maximum Gasteiger partial charge on any atom is 0.383 e. The van der Waals surface area contributed by atoms with Crippen LogP contribution >= 0.6 is 0 Å². The molecule has 1 atom stereocenters. The number of amides is 1. The van der Waals surface area contributed by atoms with Crippen molar-refractivity contribution in [2.24, 2.45) is 5.92 Å². The third-order valence-electron chi connectivity index (χ3n) is 3.84. The molecule has 1 aliphatic rings. The highest BCUT2D eigenvalue weighted by molar-refractivity contribution is 5.83. The third kappa shape index (κ3) is 3.86. The largest absolute Gasteiger partial charge is 0.495 e. The molecule has 1 aromatic carbocycles. The van der Waals surface area contributed by atoms with Crippen LogP contribution in [0.5, 0.6) is 5.75 Å². The Morgan fingerprint density at radius 1 is 1.43 bits per heavy atom. The molecule has 4 nitrogen and oxygen atoms in total. The second-order valence-corrected chi connectivity index (χ2v) is 5.41. The van der Waals surface area contributed by atoms with Gasteiger partial charge in [-0.3, -0.25) is 4.79 Å². The molecule has 1 saturated heterocycles. The minimum atomic E-state index is -4.65. The molecule has 1 aromatic rings. The normalized spacial score (nSPS) is 18.3. The molecule has 0 aromatic heterocycles. The molecule has 1 amide bonds. The third-order valence-corrected chi connectivity index (χ3v) is 3.84. The summed E-state index contributed by atoms with van der Waals surface area (Å²) in [5, 5.41) is 1.92. The summed E-state index contributed by atoms with van der Waals surface area (Å²) in [6.45, 7) is 1.14. The molecule has 128 valence electrons. The fraction of sp³-hybridized carbons (Fsp3) is 0.533. The number of methoxy groups -OCH3 is 1. The van der Waals surface area contributed by atoms with Gasteiger partial charge in [-0.25, -0.2) is 8.78 Å². The summed E-state index contributed by atoms with van der Waals surface area (Å²) >= 11 is 0. The highest BCUT2D eigenvalue weighted by Crippen LogP contribution is 2.32. The number of hydrogen-bond acceptors (Lipinski definition) is 3. The number of para-hydroxylation sites is 2. The van der Waals surface area contributed by atoms with Crippen LogP contribution in [0, 0.1) is 5.92 Å². The fourth-order valence-electron chi connectivity index (χ4n) is 2.56. The number of benzene rings is 1. The highest BCUT2D eigenvalue weighted by Gasteiger charge is 2.48. The summed E-state index contributed by atoms with van der Waals surface area (Å²) < 4.78 is 55.2. The number of nitrogens with one attached hydrogen (secondary N) is 1. The van der Waals surface area contributed by atoms with E-state index >= 15 is 0 Å². The first kappa shape index (κ1) is 17.4. The predicted molar refractivity (Wildman–Crippen MR) is 77.3 cm³/mol. The monoisotopic (exact) mass is 334 g/mol. The molecule has 0 aliphatic carbocycles. The Kier molecular flexibility index (Phi) is 5.33. The molecule has 1 N–H and O–H groups in total. The van der Waals surface area contributed by atoms with Crippen LogP contribution in [0.3, 0.4) is 0 Å². The van der Waals surface area contributed by atoms with Crippen molar-refractivity contribution in [3.8, 4) is 5.75 Å². The summed E-state index contributed by atoms with van der Waals surface area (Å²) in [6.07, 6.45) is -3.34. The number of carbonyl (C=O) groups is 1. The van der Waals surface area contributed by atoms with Crippen LogP contribution in [0.4, 0.5) is 23.2 Å². The Morgan fingerprint density at radius 3 is 2.78 bits per heavy atom. The first-order valence-electron chi connectivity index (χ1n) is 7.18. The van der Waals surface area contributed by atoms with E-state index in [-0.39, 0.29) is 12.5 Å². The fourth-order valence-corrected chi connectivity index (χ4v) is 2.56. The van der Waals surface area contributed by atoms with E-state index in [9.17, 15) is 22.4 Å². The van der Waals surface area contributed by atoms with E-state index in [1.165, 1.54) is 0 Å². The van der Waals surface area contributed by atoms with Gasteiger partial charge in [0.1, 0.15) is 5.75 Å². The van der Waals surface area contributed by atoms with E-state index in [1.54, 1.807) is 7.11 Å². The van der Waals surface area contributed by atoms with Gasteiger partial charge in [0.2, 0.25) is 0 Å². The Bertz CT molecular complexity index is 554. The summed E-state index contributed by atoms with van der Waals surface area (Å²) in [4.78, 5) is 13.2. The molecule has 0 spiro atoms. The Morgan fingerprint density at radius 2 is 2.13 bits per heavy atom. The van der Waals surface area contributed by atoms with Gasteiger partial charge in [-0.15, -0.1) is 0 Å². The minimum absolute atomic E-state index is 0.0627. The van der Waals surface area contributed by atoms with Crippen LogP contribution in [0.15, 0.2) is 24.3 Å². The van der Waals surface area contributed by atoms with Crippen molar-refractivity contribution < 1.29 is 27.1 Å². The molecule has 2 rings (SSSR count). The predicted octanol–water partition coefficient (Wildman–Crippen LogP) is 2.54. The number of halogens is 4. The standard InChI is InChI=1S/C15H18F4N2O2/c1-23-12-5-3-2-4-11(12)21-7-6-10(9-21)8-20-14(22)15(18,19)13(16)17/h2-5,10,13H,6-9H2,1H3,(H,20,22)/t10-/m0/s1. The van der Waals surface area contributed by atoms with Crippen molar-refractivity contribution in [2.45, 2.75) is 18.8 Å². The molecule has 0 bridgehead atoms. The Hall–Kier alpha value is -1.99. The quantitative estimate of drug-likeness (QED) is 0.813. The van der Waals surface area contributed by atoms with Crippen molar-refractivity contribution in [1.29, 1.82) is 0 Å². The number of hydrogen-bond donors (Lipinski definition) is 1. The van der Waals surface area contributed by atoms with Gasteiger partial charge in [-0.1, -0.05) is 12.1 Å². The summed E-state index contributed by atoms with van der Waals surface area (Å²) in [7, 11) is 1.55. The maximum absolute atomic E-state index is 12.9. The SMILES string of the molecule is COc1ccccc1N1CC[C@@H](CNC(=O)C(F)(F)C(F)F)C1. The zero-order valence-electron chi connectivity index (χ0n) is 12.6. The topological polar surface area (TPSA) is 41.6 Å². The number of nitrogens with zero attached hydrogens (tertiary/aromatic N) is 1. The Labute approximate surface area is 131 Å². The van der Waals surface area contributed by atoms with Gasteiger partial charge < -0.3 is 15.0 Å². The van der Waals surface area contributed by atoms with Gasteiger partial charge in [0.15, 0.2) is 0 Å². The number of rotatable bonds is 6. The lowest BCUT2D eigenvalue weighted by Gasteiger charge is -2.21. The lowest BCUT2D eigenvalue weighted by molar-refractivity contribution is -0.169. The van der Waals surface area contributed by atoms with Gasteiger partial charge in [0.25, 0.3) is 5.91 Å². The zero-order chi connectivity index (χ0) is 17.0. The molecule has 0 saturated carbocycles. The van der Waals surface area contributed by atoms with E-state index in [4.69, 9.17) is 4.74 Å². The Balaban J connectivity index is 1.90. The molecule has 0 unspecified atom stereocenters. The average Bonchev–Trinajstić information content (AvgIpc) is 3.01. The summed E-state index contributed by atoms with van der Waals surface area (Å²) in [5.74, 6) is -5.97. The molecular formula is C15H18F4N2O2. The van der Waals surface area contributed by atoms with Crippen molar-refractivity contribution in [3.05, 3.63) is 24.3 Å². The smallest absolute Gasteiger partial charge is 0.383 e. The van der Waals surface area contributed by atoms with Gasteiger partial charge in [0, 0.05) is 19.6 Å². The molecule has 23 heavy (non-hydrogen) atoms. The maximum atomic E-state index is 12.9. The van der Waals surface area contributed by atoms with E-state index in [0.717, 1.165) is 5.69 Å². The molecule has 8 heteroatoms. The molecule has 0 radical (unpaired) electrons. The van der Waals surface area contributed by atoms with E-state index in [0.29, 0.717) is 25.3 Å². The van der Waals surface area contributed by atoms with Crippen molar-refractivity contribution in [3.63, 3.8) is 0 Å². The number of ether oxygens (including phenoxy) is 1. The first-order valence-corrected chi connectivity index (χ1v) is 7.18. The van der Waals surface area contributed by atoms with Crippen molar-refractivity contribution in [1.82, 2.24) is 5.32 Å². The highest BCUT2D eigenvalue weighted by atomic mass is 19.3. The van der Waals surface area contributed by atoms with E-state index < -0.39 is 18.3 Å². The van der Waals surface area contributed by atoms with Crippen LogP contribution < -0.4 is 15.0 Å². The number of carbonyl (C=O) groups excluding carboxylic acids is 1. The second-order valence-electron chi connectivity index (χ2n) is 5.41. The van der Waals surface area contributed by atoms with Crippen molar-refractivity contribution >= 4 is 11.6 Å². The van der Waals surface area contributed by atoms with Crippen LogP contribution in [-0.4, -0.2) is 45.0 Å². The molecule has 1 heterocycles. The molecular weight excluding hydrogens is 316 g/mol. The average molecular weight is 334 g/mol. The lowest BCUT2D eigenvalue weighted by atomic mass is 10.1. The van der Waals surface area contributed by atoms with Gasteiger partial charge in [-0.05, 0) is 24.5 Å². The molecule has 1 fully saturated rings. The van der Waals surface area contributed by atoms with E-state index in [1.807, 2.05) is 34.5 Å². The van der Waals surface area contributed by atoms with Crippen LogP contribution in [-0.2, 0) is 4.79 Å². The summed E-state index contributed by atoms with van der Waals surface area (Å²) in [5.41, 5.74) is 0.877. The zero-order valence-corrected chi connectivity index (χ0v) is 12.6.